The maximum absolute atomic E-state index is 12.3. The lowest BCUT2D eigenvalue weighted by Gasteiger charge is -2.14. The number of nitrogens with two attached hydrogens (primary N) is 1. The summed E-state index contributed by atoms with van der Waals surface area (Å²) in [5, 5.41) is 14.6. The predicted molar refractivity (Wildman–Crippen MR) is 139 cm³/mol. The predicted octanol–water partition coefficient (Wildman–Crippen LogP) is 2.58. The molecular formula is C28H32N4O4. The molecule has 0 aliphatic carbocycles. The maximum atomic E-state index is 12.3. The highest BCUT2D eigenvalue weighted by molar-refractivity contribution is 5.97. The first kappa shape index (κ1) is 28.1. The number of benzene rings is 3. The molecule has 0 fully saturated rings. The highest BCUT2D eigenvalue weighted by Gasteiger charge is 2.19. The molecule has 36 heavy (non-hydrogen) atoms. The lowest BCUT2D eigenvalue weighted by molar-refractivity contribution is -0.130. The van der Waals surface area contributed by atoms with Gasteiger partial charge in [-0.1, -0.05) is 49.6 Å². The molecule has 1 atom stereocenters. The Morgan fingerprint density at radius 1 is 0.944 bits per heavy atom. The molecule has 3 rings (SSSR count). The average Bonchev–Trinajstić information content (AvgIpc) is 2.91. The zero-order valence-electron chi connectivity index (χ0n) is 19.4. The fraction of sp³-hybridized carbons (Fsp3) is 0.214. The summed E-state index contributed by atoms with van der Waals surface area (Å²) in [5.41, 5.74) is 11.2. The maximum Gasteiger partial charge on any atom is 0.267 e. The van der Waals surface area contributed by atoms with E-state index in [4.69, 9.17) is 15.7 Å². The summed E-state index contributed by atoms with van der Waals surface area (Å²) in [6.45, 7) is 1.29. The second kappa shape index (κ2) is 14.3. The number of amides is 2. The second-order valence-electron chi connectivity index (χ2n) is 7.68. The summed E-state index contributed by atoms with van der Waals surface area (Å²) in [4.78, 5) is 23.7. The van der Waals surface area contributed by atoms with Gasteiger partial charge in [0.15, 0.2) is 0 Å². The van der Waals surface area contributed by atoms with E-state index in [1.54, 1.807) is 31.4 Å². The van der Waals surface area contributed by atoms with Gasteiger partial charge in [0.05, 0.1) is 7.11 Å². The Bertz CT molecular complexity index is 1200. The molecule has 0 saturated carbocycles. The lowest BCUT2D eigenvalue weighted by atomic mass is 10.1. The molecule has 188 valence electrons. The fourth-order valence-corrected chi connectivity index (χ4v) is 3.30. The SMILES string of the molecule is C.COc1ccccc1CNCc1ccc(C#Cc2ccc(C(=O)N[C@@H](CN)C(=O)NO)cc2)cc1. The fourth-order valence-electron chi connectivity index (χ4n) is 3.30. The van der Waals surface area contributed by atoms with Crippen molar-refractivity contribution in [3.05, 3.63) is 101 Å². The molecule has 3 aromatic carbocycles. The number of rotatable bonds is 9. The van der Waals surface area contributed by atoms with Crippen LogP contribution in [0.2, 0.25) is 0 Å². The van der Waals surface area contributed by atoms with E-state index < -0.39 is 17.9 Å². The summed E-state index contributed by atoms with van der Waals surface area (Å²) in [6.07, 6.45) is 0. The van der Waals surface area contributed by atoms with Crippen LogP contribution in [-0.4, -0.2) is 36.7 Å². The molecular weight excluding hydrogens is 456 g/mol. The van der Waals surface area contributed by atoms with Crippen molar-refractivity contribution in [1.29, 1.82) is 0 Å². The average molecular weight is 489 g/mol. The minimum atomic E-state index is -1.02. The molecule has 0 aliphatic heterocycles. The number of ether oxygens (including phenoxy) is 1. The largest absolute Gasteiger partial charge is 0.496 e. The smallest absolute Gasteiger partial charge is 0.267 e. The van der Waals surface area contributed by atoms with E-state index in [9.17, 15) is 9.59 Å². The third-order valence-electron chi connectivity index (χ3n) is 5.26. The van der Waals surface area contributed by atoms with E-state index >= 15 is 0 Å². The zero-order valence-corrected chi connectivity index (χ0v) is 19.4. The van der Waals surface area contributed by atoms with Crippen molar-refractivity contribution in [2.45, 2.75) is 26.6 Å². The van der Waals surface area contributed by atoms with Crippen molar-refractivity contribution in [2.75, 3.05) is 13.7 Å². The van der Waals surface area contributed by atoms with E-state index in [1.165, 1.54) is 5.48 Å². The molecule has 3 aromatic rings. The van der Waals surface area contributed by atoms with Crippen LogP contribution in [0.25, 0.3) is 0 Å². The van der Waals surface area contributed by atoms with E-state index in [0.717, 1.165) is 34.5 Å². The third kappa shape index (κ3) is 7.96. The molecule has 0 radical (unpaired) electrons. The minimum absolute atomic E-state index is 0. The van der Waals surface area contributed by atoms with Crippen molar-refractivity contribution < 1.29 is 19.5 Å². The van der Waals surface area contributed by atoms with Gasteiger partial charge >= 0.3 is 0 Å². The van der Waals surface area contributed by atoms with Crippen LogP contribution in [0.5, 0.6) is 5.75 Å². The van der Waals surface area contributed by atoms with E-state index in [2.05, 4.69) is 22.5 Å². The van der Waals surface area contributed by atoms with Crippen molar-refractivity contribution in [1.82, 2.24) is 16.1 Å². The molecule has 8 nitrogen and oxygen atoms in total. The Labute approximate surface area is 211 Å². The Kier molecular flexibility index (Phi) is 11.1. The van der Waals surface area contributed by atoms with Crippen LogP contribution in [0, 0.1) is 11.8 Å². The number of carbonyl (C=O) groups excluding carboxylic acids is 2. The molecule has 0 unspecified atom stereocenters. The van der Waals surface area contributed by atoms with Gasteiger partial charge in [0.1, 0.15) is 11.8 Å². The van der Waals surface area contributed by atoms with Crippen molar-refractivity contribution >= 4 is 11.8 Å². The summed E-state index contributed by atoms with van der Waals surface area (Å²) in [7, 11) is 1.67. The summed E-state index contributed by atoms with van der Waals surface area (Å²) in [5.74, 6) is 5.81. The number of nitrogens with one attached hydrogen (secondary N) is 3. The van der Waals surface area contributed by atoms with Gasteiger partial charge in [-0.05, 0) is 48.0 Å². The number of methoxy groups -OCH3 is 1. The second-order valence-corrected chi connectivity index (χ2v) is 7.68. The van der Waals surface area contributed by atoms with Gasteiger partial charge in [0.25, 0.3) is 11.8 Å². The number of hydroxylamine groups is 1. The first-order chi connectivity index (χ1) is 17.0. The monoisotopic (exact) mass is 488 g/mol. The van der Waals surface area contributed by atoms with E-state index in [-0.39, 0.29) is 14.0 Å². The zero-order chi connectivity index (χ0) is 25.0. The summed E-state index contributed by atoms with van der Waals surface area (Å²) >= 11 is 0. The van der Waals surface area contributed by atoms with Gasteiger partial charge in [-0.15, -0.1) is 0 Å². The van der Waals surface area contributed by atoms with Crippen LogP contribution in [-0.2, 0) is 17.9 Å². The Balaban J connectivity index is 0.00000456. The molecule has 0 aliphatic rings. The van der Waals surface area contributed by atoms with Gasteiger partial charge in [-0.2, -0.15) is 0 Å². The van der Waals surface area contributed by atoms with Crippen LogP contribution in [0.15, 0.2) is 72.8 Å². The highest BCUT2D eigenvalue weighted by atomic mass is 16.5. The van der Waals surface area contributed by atoms with Crippen LogP contribution >= 0.6 is 0 Å². The molecule has 6 N–H and O–H groups in total. The lowest BCUT2D eigenvalue weighted by Crippen LogP contribution is -2.50. The molecule has 8 heteroatoms. The number of hydrogen-bond donors (Lipinski definition) is 5. The Morgan fingerprint density at radius 3 is 2.14 bits per heavy atom. The molecule has 2 amide bonds. The van der Waals surface area contributed by atoms with Gasteiger partial charge in [0, 0.05) is 41.9 Å². The summed E-state index contributed by atoms with van der Waals surface area (Å²) in [6, 6.07) is 21.6. The van der Waals surface area contributed by atoms with Gasteiger partial charge in [-0.25, -0.2) is 5.48 Å². The van der Waals surface area contributed by atoms with Gasteiger partial charge in [-0.3, -0.25) is 14.8 Å². The van der Waals surface area contributed by atoms with Crippen LogP contribution in [0.1, 0.15) is 40.0 Å². The van der Waals surface area contributed by atoms with Crippen molar-refractivity contribution in [2.24, 2.45) is 5.73 Å². The van der Waals surface area contributed by atoms with Gasteiger partial charge < -0.3 is 21.1 Å². The standard InChI is InChI=1S/C27H28N4O4.CH4/c1-35-25-5-3-2-4-23(25)18-29-17-21-10-8-19(9-11-21)6-7-20-12-14-22(15-13-20)26(32)30-24(16-28)27(33)31-34;/h2-5,8-15,24,29,34H,16-18,28H2,1H3,(H,30,32)(H,31,33);1H4/t24-;/m0./s1. The molecule has 0 heterocycles. The Hall–Kier alpha value is -4.16. The topological polar surface area (TPSA) is 126 Å². The van der Waals surface area contributed by atoms with Crippen LogP contribution in [0.4, 0.5) is 0 Å². The van der Waals surface area contributed by atoms with Crippen LogP contribution < -0.4 is 26.6 Å². The third-order valence-corrected chi connectivity index (χ3v) is 5.26. The van der Waals surface area contributed by atoms with Gasteiger partial charge in [0.2, 0.25) is 0 Å². The van der Waals surface area contributed by atoms with Crippen LogP contribution in [0.3, 0.4) is 0 Å². The molecule has 0 bridgehead atoms. The number of para-hydroxylation sites is 1. The molecule has 0 spiro atoms. The van der Waals surface area contributed by atoms with Crippen molar-refractivity contribution in [3.8, 4) is 17.6 Å². The molecule has 0 aromatic heterocycles. The first-order valence-corrected chi connectivity index (χ1v) is 11.0. The van der Waals surface area contributed by atoms with E-state index in [1.807, 2.05) is 48.5 Å². The van der Waals surface area contributed by atoms with E-state index in [0.29, 0.717) is 12.1 Å². The number of carbonyl (C=O) groups is 2. The minimum Gasteiger partial charge on any atom is -0.496 e. The first-order valence-electron chi connectivity index (χ1n) is 11.0. The number of hydrogen-bond acceptors (Lipinski definition) is 6. The Morgan fingerprint density at radius 2 is 1.56 bits per heavy atom. The quantitative estimate of drug-likeness (QED) is 0.179. The molecule has 0 saturated heterocycles. The normalized spacial score (nSPS) is 10.8. The van der Waals surface area contributed by atoms with Crippen molar-refractivity contribution in [3.63, 3.8) is 0 Å². The summed E-state index contributed by atoms with van der Waals surface area (Å²) < 4.78 is 5.38. The highest BCUT2D eigenvalue weighted by Crippen LogP contribution is 2.17.